The summed E-state index contributed by atoms with van der Waals surface area (Å²) in [7, 11) is 0. The molecule has 3 heterocycles. The molecule has 1 fully saturated rings. The number of rotatable bonds is 7. The van der Waals surface area contributed by atoms with Gasteiger partial charge in [-0.05, 0) is 78.4 Å². The first-order chi connectivity index (χ1) is 19.1. The first-order valence-electron chi connectivity index (χ1n) is 13.1. The number of aromatic nitrogens is 2. The third kappa shape index (κ3) is 5.13. The predicted molar refractivity (Wildman–Crippen MR) is 160 cm³/mol. The van der Waals surface area contributed by atoms with Crippen LogP contribution in [0.2, 0.25) is 0 Å². The van der Waals surface area contributed by atoms with Crippen molar-refractivity contribution in [3.8, 4) is 5.69 Å². The van der Waals surface area contributed by atoms with Gasteiger partial charge in [0.15, 0.2) is 5.11 Å². The van der Waals surface area contributed by atoms with Crippen molar-refractivity contribution in [2.24, 2.45) is 0 Å². The quantitative estimate of drug-likeness (QED) is 0.240. The summed E-state index contributed by atoms with van der Waals surface area (Å²) in [5.74, 6) is -0.0494. The second-order valence-corrected chi connectivity index (χ2v) is 10.2. The number of pyridine rings is 1. The third-order valence-electron chi connectivity index (χ3n) is 7.21. The Balaban J connectivity index is 1.32. The summed E-state index contributed by atoms with van der Waals surface area (Å²) < 4.78 is 2.21. The Bertz CT molecular complexity index is 1630. The van der Waals surface area contributed by atoms with Crippen molar-refractivity contribution in [2.75, 3.05) is 11.9 Å². The molecule has 0 radical (unpaired) electrons. The number of anilines is 1. The molecule has 0 aliphatic carbocycles. The maximum atomic E-state index is 12.9. The van der Waals surface area contributed by atoms with Crippen LogP contribution in [0.3, 0.4) is 0 Å². The van der Waals surface area contributed by atoms with E-state index in [2.05, 4.69) is 85.9 Å². The highest BCUT2D eigenvalue weighted by Gasteiger charge is 2.41. The fourth-order valence-electron chi connectivity index (χ4n) is 5.25. The van der Waals surface area contributed by atoms with E-state index in [9.17, 15) is 4.79 Å². The molecule has 39 heavy (non-hydrogen) atoms. The topological polar surface area (TPSA) is 62.2 Å². The molecule has 0 unspecified atom stereocenters. The molecule has 0 bridgehead atoms. The lowest BCUT2D eigenvalue weighted by Gasteiger charge is -2.29. The van der Waals surface area contributed by atoms with Gasteiger partial charge in [0.05, 0.1) is 17.8 Å². The molecule has 1 saturated heterocycles. The number of thiocarbonyl (C=S) groups is 1. The zero-order chi connectivity index (χ0) is 26.8. The van der Waals surface area contributed by atoms with E-state index in [4.69, 9.17) is 12.2 Å². The van der Waals surface area contributed by atoms with Crippen LogP contribution >= 0.6 is 12.2 Å². The van der Waals surface area contributed by atoms with E-state index < -0.39 is 0 Å². The van der Waals surface area contributed by atoms with Gasteiger partial charge < -0.3 is 20.1 Å². The summed E-state index contributed by atoms with van der Waals surface area (Å²) in [5.41, 5.74) is 5.00. The summed E-state index contributed by atoms with van der Waals surface area (Å²) in [6, 6.07) is 32.5. The van der Waals surface area contributed by atoms with E-state index in [1.54, 1.807) is 6.20 Å². The van der Waals surface area contributed by atoms with E-state index in [1.165, 1.54) is 10.8 Å². The van der Waals surface area contributed by atoms with Gasteiger partial charge in [0, 0.05) is 42.4 Å². The summed E-state index contributed by atoms with van der Waals surface area (Å²) in [5, 5.41) is 9.50. The van der Waals surface area contributed by atoms with Gasteiger partial charge in [0.1, 0.15) is 0 Å². The minimum Gasteiger partial charge on any atom is -0.352 e. The highest BCUT2D eigenvalue weighted by molar-refractivity contribution is 7.80. The number of carbonyl (C=O) groups is 1. The van der Waals surface area contributed by atoms with E-state index in [0.717, 1.165) is 28.3 Å². The Morgan fingerprint density at radius 2 is 1.74 bits per heavy atom. The van der Waals surface area contributed by atoms with Gasteiger partial charge in [-0.15, -0.1) is 0 Å². The SMILES string of the molecule is Cc1ccc(NC(=O)CCN2C(=S)N[C@H](c3ccccn3)[C@H]2c2cccn2-c2ccc3ccccc3c2)cc1. The second kappa shape index (κ2) is 10.7. The predicted octanol–water partition coefficient (Wildman–Crippen LogP) is 6.34. The first kappa shape index (κ1) is 24.8. The molecular weight excluding hydrogens is 502 g/mol. The van der Waals surface area contributed by atoms with Crippen molar-refractivity contribution in [3.05, 3.63) is 126 Å². The lowest BCUT2D eigenvalue weighted by molar-refractivity contribution is -0.116. The second-order valence-electron chi connectivity index (χ2n) is 9.82. The number of hydrogen-bond donors (Lipinski definition) is 2. The van der Waals surface area contributed by atoms with Crippen LogP contribution < -0.4 is 10.6 Å². The summed E-state index contributed by atoms with van der Waals surface area (Å²) >= 11 is 5.83. The van der Waals surface area contributed by atoms with Gasteiger partial charge in [-0.3, -0.25) is 9.78 Å². The molecule has 0 saturated carbocycles. The zero-order valence-electron chi connectivity index (χ0n) is 21.6. The molecule has 1 aliphatic rings. The number of nitrogens with zero attached hydrogens (tertiary/aromatic N) is 3. The minimum absolute atomic E-state index is 0.0494. The van der Waals surface area contributed by atoms with Gasteiger partial charge in [-0.1, -0.05) is 54.1 Å². The molecular formula is C32H29N5OS. The van der Waals surface area contributed by atoms with E-state index >= 15 is 0 Å². The first-order valence-corrected chi connectivity index (χ1v) is 13.5. The van der Waals surface area contributed by atoms with Crippen LogP contribution in [0.5, 0.6) is 0 Å². The number of benzene rings is 3. The van der Waals surface area contributed by atoms with Crippen LogP contribution in [0.25, 0.3) is 16.5 Å². The van der Waals surface area contributed by atoms with Crippen molar-refractivity contribution in [1.82, 2.24) is 19.8 Å². The van der Waals surface area contributed by atoms with Crippen molar-refractivity contribution in [1.29, 1.82) is 0 Å². The molecule has 7 heteroatoms. The number of nitrogens with one attached hydrogen (secondary N) is 2. The molecule has 6 rings (SSSR count). The number of fused-ring (bicyclic) bond motifs is 1. The number of carbonyl (C=O) groups excluding carboxylic acids is 1. The van der Waals surface area contributed by atoms with Crippen molar-refractivity contribution < 1.29 is 4.79 Å². The van der Waals surface area contributed by atoms with E-state index in [1.807, 2.05) is 49.4 Å². The Kier molecular flexibility index (Phi) is 6.82. The Morgan fingerprint density at radius 3 is 2.54 bits per heavy atom. The molecule has 1 amide bonds. The largest absolute Gasteiger partial charge is 0.352 e. The maximum Gasteiger partial charge on any atom is 0.226 e. The molecule has 2 atom stereocenters. The van der Waals surface area contributed by atoms with Gasteiger partial charge in [0.2, 0.25) is 5.91 Å². The summed E-state index contributed by atoms with van der Waals surface area (Å²) in [4.78, 5) is 19.7. The van der Waals surface area contributed by atoms with Gasteiger partial charge in [-0.25, -0.2) is 0 Å². The zero-order valence-corrected chi connectivity index (χ0v) is 22.4. The van der Waals surface area contributed by atoms with Crippen molar-refractivity contribution >= 4 is 39.7 Å². The molecule has 2 aromatic heterocycles. The van der Waals surface area contributed by atoms with Gasteiger partial charge in [0.25, 0.3) is 0 Å². The molecule has 0 spiro atoms. The highest BCUT2D eigenvalue weighted by atomic mass is 32.1. The number of amides is 1. The third-order valence-corrected chi connectivity index (χ3v) is 7.56. The normalized spacial score (nSPS) is 16.8. The smallest absolute Gasteiger partial charge is 0.226 e. The Hall–Kier alpha value is -4.49. The lowest BCUT2D eigenvalue weighted by atomic mass is 10.0. The molecule has 5 aromatic rings. The standard InChI is InChI=1S/C32H29N5OS/c1-22-11-14-25(15-12-22)34-29(38)17-20-37-31(30(35-32(37)39)27-9-4-5-18-33-27)28-10-6-19-36(28)26-16-13-23-7-2-3-8-24(23)21-26/h2-16,18-19,21,30-31H,17,20H2,1H3,(H,34,38)(H,35,39)/t30-,31-/m1/s1. The fraction of sp³-hybridized carbons (Fsp3) is 0.156. The number of aryl methyl sites for hydroxylation is 1. The maximum absolute atomic E-state index is 12.9. The van der Waals surface area contributed by atoms with Crippen LogP contribution in [-0.2, 0) is 4.79 Å². The summed E-state index contributed by atoms with van der Waals surface area (Å²) in [6.45, 7) is 2.50. The van der Waals surface area contributed by atoms with Crippen LogP contribution in [0.15, 0.2) is 109 Å². The lowest BCUT2D eigenvalue weighted by Crippen LogP contribution is -2.33. The highest BCUT2D eigenvalue weighted by Crippen LogP contribution is 2.39. The molecule has 3 aromatic carbocycles. The molecule has 2 N–H and O–H groups in total. The van der Waals surface area contributed by atoms with Crippen LogP contribution in [-0.4, -0.2) is 32.0 Å². The van der Waals surface area contributed by atoms with Crippen LogP contribution in [0, 0.1) is 6.92 Å². The van der Waals surface area contributed by atoms with Crippen LogP contribution in [0.1, 0.15) is 35.5 Å². The molecule has 1 aliphatic heterocycles. The van der Waals surface area contributed by atoms with E-state index in [-0.39, 0.29) is 18.0 Å². The fourth-order valence-corrected chi connectivity index (χ4v) is 5.58. The average Bonchev–Trinajstić information content (AvgIpc) is 3.57. The van der Waals surface area contributed by atoms with Crippen molar-refractivity contribution in [3.63, 3.8) is 0 Å². The monoisotopic (exact) mass is 531 g/mol. The Morgan fingerprint density at radius 1 is 0.949 bits per heavy atom. The van der Waals surface area contributed by atoms with Crippen LogP contribution in [0.4, 0.5) is 5.69 Å². The van der Waals surface area contributed by atoms with Gasteiger partial charge >= 0.3 is 0 Å². The Labute approximate surface area is 233 Å². The van der Waals surface area contributed by atoms with Crippen molar-refractivity contribution in [2.45, 2.75) is 25.4 Å². The van der Waals surface area contributed by atoms with Gasteiger partial charge in [-0.2, -0.15) is 0 Å². The molecule has 6 nitrogen and oxygen atoms in total. The molecule has 194 valence electrons. The minimum atomic E-state index is -0.159. The van der Waals surface area contributed by atoms with E-state index in [0.29, 0.717) is 18.1 Å². The summed E-state index contributed by atoms with van der Waals surface area (Å²) in [6.07, 6.45) is 4.19. The number of hydrogen-bond acceptors (Lipinski definition) is 3. The average molecular weight is 532 g/mol.